The molecule has 0 N–H and O–H groups in total. The lowest BCUT2D eigenvalue weighted by Crippen LogP contribution is -2.53. The van der Waals surface area contributed by atoms with Crippen LogP contribution in [0.25, 0.3) is 0 Å². The lowest BCUT2D eigenvalue weighted by molar-refractivity contribution is -0.0282. The summed E-state index contributed by atoms with van der Waals surface area (Å²) in [4.78, 5) is 0. The second kappa shape index (κ2) is 6.00. The van der Waals surface area contributed by atoms with E-state index in [4.69, 9.17) is 9.47 Å². The fourth-order valence-corrected chi connectivity index (χ4v) is 3.55. The van der Waals surface area contributed by atoms with Gasteiger partial charge in [-0.05, 0) is 39.5 Å². The average Bonchev–Trinajstić information content (AvgIpc) is 2.42. The highest BCUT2D eigenvalue weighted by Crippen LogP contribution is 2.54. The first kappa shape index (κ1) is 20.9. The minimum atomic E-state index is -1.07. The van der Waals surface area contributed by atoms with Crippen molar-refractivity contribution >= 4 is 0 Å². The molecule has 0 amide bonds. The molecule has 1 aliphatic carbocycles. The first-order valence-corrected chi connectivity index (χ1v) is 8.60. The minimum Gasteiger partial charge on any atom is -0.369 e. The Morgan fingerprint density at radius 3 is 1.33 bits per heavy atom. The summed E-state index contributed by atoms with van der Waals surface area (Å²) in [6.45, 7) is 19.2. The zero-order valence-corrected chi connectivity index (χ0v) is 17.4. The van der Waals surface area contributed by atoms with Crippen LogP contribution in [0.2, 0.25) is 0 Å². The summed E-state index contributed by atoms with van der Waals surface area (Å²) in [5.41, 5.74) is -0.351. The third-order valence-corrected chi connectivity index (χ3v) is 5.07. The lowest BCUT2D eigenvalue weighted by atomic mass is 9.59. The Kier molecular flexibility index (Phi) is 5.24. The molecule has 24 heavy (non-hydrogen) atoms. The van der Waals surface area contributed by atoms with Gasteiger partial charge in [0.2, 0.25) is 0 Å². The van der Waals surface area contributed by atoms with Crippen molar-refractivity contribution in [3.05, 3.63) is 23.3 Å². The standard InChI is InChI=1S/C21H35NO2/c1-17(2,3)15-12-20(23-10,19(7,8)9)13-16(18(4,5)6)21(15,14-22)24-11/h12-13H,1-11H3. The molecule has 3 heteroatoms. The van der Waals surface area contributed by atoms with Crippen LogP contribution in [0.5, 0.6) is 0 Å². The van der Waals surface area contributed by atoms with Crippen LogP contribution in [-0.4, -0.2) is 25.4 Å². The molecule has 3 nitrogen and oxygen atoms in total. The summed E-state index contributed by atoms with van der Waals surface area (Å²) in [7, 11) is 3.37. The van der Waals surface area contributed by atoms with Gasteiger partial charge < -0.3 is 9.47 Å². The van der Waals surface area contributed by atoms with Crippen molar-refractivity contribution in [3.8, 4) is 6.07 Å². The fourth-order valence-electron chi connectivity index (χ4n) is 3.55. The predicted octanol–water partition coefficient (Wildman–Crippen LogP) is 5.29. The molecule has 0 aromatic heterocycles. The van der Waals surface area contributed by atoms with Gasteiger partial charge >= 0.3 is 0 Å². The zero-order valence-electron chi connectivity index (χ0n) is 17.4. The molecule has 1 rings (SSSR count). The number of rotatable bonds is 2. The molecule has 0 bridgehead atoms. The van der Waals surface area contributed by atoms with Gasteiger partial charge in [-0.3, -0.25) is 0 Å². The van der Waals surface area contributed by atoms with E-state index < -0.39 is 11.2 Å². The van der Waals surface area contributed by atoms with E-state index in [1.165, 1.54) is 0 Å². The summed E-state index contributed by atoms with van der Waals surface area (Å²) >= 11 is 0. The molecule has 0 unspecified atom stereocenters. The quantitative estimate of drug-likeness (QED) is 0.645. The minimum absolute atomic E-state index is 0.163. The van der Waals surface area contributed by atoms with Crippen LogP contribution < -0.4 is 0 Å². The molecule has 0 aromatic carbocycles. The molecule has 0 atom stereocenters. The first-order valence-electron chi connectivity index (χ1n) is 8.60. The normalized spacial score (nSPS) is 28.9. The van der Waals surface area contributed by atoms with E-state index >= 15 is 0 Å². The highest BCUT2D eigenvalue weighted by molar-refractivity contribution is 5.53. The monoisotopic (exact) mass is 333 g/mol. The van der Waals surface area contributed by atoms with Gasteiger partial charge in [-0.2, -0.15) is 5.26 Å². The third-order valence-electron chi connectivity index (χ3n) is 5.07. The Balaban J connectivity index is 3.98. The summed E-state index contributed by atoms with van der Waals surface area (Å²) < 4.78 is 12.0. The van der Waals surface area contributed by atoms with Crippen LogP contribution in [0.15, 0.2) is 23.3 Å². The Morgan fingerprint density at radius 2 is 1.17 bits per heavy atom. The summed E-state index contributed by atoms with van der Waals surface area (Å²) in [5, 5.41) is 10.2. The van der Waals surface area contributed by atoms with E-state index in [9.17, 15) is 5.26 Å². The topological polar surface area (TPSA) is 42.2 Å². The second-order valence-corrected chi connectivity index (χ2v) is 9.86. The highest BCUT2D eigenvalue weighted by atomic mass is 16.5. The van der Waals surface area contributed by atoms with Crippen molar-refractivity contribution < 1.29 is 9.47 Å². The molecule has 0 radical (unpaired) electrons. The number of hydrogen-bond donors (Lipinski definition) is 0. The molecule has 0 saturated carbocycles. The molecule has 0 aromatic rings. The van der Waals surface area contributed by atoms with E-state index in [1.807, 2.05) is 0 Å². The van der Waals surface area contributed by atoms with Gasteiger partial charge in [-0.1, -0.05) is 62.3 Å². The molecular weight excluding hydrogens is 298 g/mol. The molecule has 0 fully saturated rings. The predicted molar refractivity (Wildman–Crippen MR) is 99.6 cm³/mol. The van der Waals surface area contributed by atoms with E-state index in [0.717, 1.165) is 11.1 Å². The molecule has 0 saturated heterocycles. The van der Waals surface area contributed by atoms with E-state index in [0.29, 0.717) is 0 Å². The van der Waals surface area contributed by atoms with Gasteiger partial charge in [-0.15, -0.1) is 0 Å². The van der Waals surface area contributed by atoms with Gasteiger partial charge in [0.1, 0.15) is 11.7 Å². The maximum Gasteiger partial charge on any atom is 0.198 e. The van der Waals surface area contributed by atoms with Gasteiger partial charge in [0.25, 0.3) is 0 Å². The Labute approximate surface area is 148 Å². The van der Waals surface area contributed by atoms with Gasteiger partial charge in [0.15, 0.2) is 5.60 Å². The number of ether oxygens (including phenoxy) is 2. The van der Waals surface area contributed by atoms with Crippen LogP contribution >= 0.6 is 0 Å². The number of hydrogen-bond acceptors (Lipinski definition) is 3. The smallest absolute Gasteiger partial charge is 0.198 e. The Morgan fingerprint density at radius 1 is 0.792 bits per heavy atom. The van der Waals surface area contributed by atoms with E-state index in [1.54, 1.807) is 14.2 Å². The maximum atomic E-state index is 10.2. The summed E-state index contributed by atoms with van der Waals surface area (Å²) in [5.74, 6) is 0. The van der Waals surface area contributed by atoms with Crippen LogP contribution in [0.3, 0.4) is 0 Å². The first-order chi connectivity index (χ1) is 10.6. The van der Waals surface area contributed by atoms with Crippen molar-refractivity contribution in [2.45, 2.75) is 73.5 Å². The van der Waals surface area contributed by atoms with Crippen LogP contribution in [-0.2, 0) is 9.47 Å². The third kappa shape index (κ3) is 3.19. The van der Waals surface area contributed by atoms with Crippen molar-refractivity contribution in [2.24, 2.45) is 16.2 Å². The van der Waals surface area contributed by atoms with Crippen molar-refractivity contribution in [2.75, 3.05) is 14.2 Å². The Bertz CT molecular complexity index is 551. The molecule has 0 heterocycles. The van der Waals surface area contributed by atoms with E-state index in [-0.39, 0.29) is 16.2 Å². The maximum absolute atomic E-state index is 10.2. The Hall–Kier alpha value is -1.11. The molecule has 136 valence electrons. The molecule has 0 aliphatic heterocycles. The summed E-state index contributed by atoms with van der Waals surface area (Å²) in [6, 6.07) is 2.48. The van der Waals surface area contributed by atoms with Crippen molar-refractivity contribution in [1.82, 2.24) is 0 Å². The average molecular weight is 334 g/mol. The number of methoxy groups -OCH3 is 2. The van der Waals surface area contributed by atoms with Crippen LogP contribution in [0, 0.1) is 27.6 Å². The van der Waals surface area contributed by atoms with Crippen LogP contribution in [0.4, 0.5) is 0 Å². The van der Waals surface area contributed by atoms with Gasteiger partial charge in [-0.25, -0.2) is 0 Å². The SMILES string of the molecule is COC1(C#N)C(C(C)(C)C)=CC(OC)(C(C)(C)C)C=C1C(C)(C)C. The lowest BCUT2D eigenvalue weighted by Gasteiger charge is -2.51. The van der Waals surface area contributed by atoms with Gasteiger partial charge in [0.05, 0.1) is 0 Å². The zero-order chi connectivity index (χ0) is 19.2. The number of nitriles is 1. The van der Waals surface area contributed by atoms with Crippen LogP contribution in [0.1, 0.15) is 62.3 Å². The van der Waals surface area contributed by atoms with Gasteiger partial charge in [0, 0.05) is 14.2 Å². The second-order valence-electron chi connectivity index (χ2n) is 9.86. The highest BCUT2D eigenvalue weighted by Gasteiger charge is 2.54. The molecular formula is C21H35NO2. The van der Waals surface area contributed by atoms with E-state index in [2.05, 4.69) is 80.5 Å². The van der Waals surface area contributed by atoms with Crippen molar-refractivity contribution in [1.29, 1.82) is 5.26 Å². The largest absolute Gasteiger partial charge is 0.369 e. The fraction of sp³-hybridized carbons (Fsp3) is 0.762. The molecule has 0 spiro atoms. The summed E-state index contributed by atoms with van der Waals surface area (Å²) in [6.07, 6.45) is 4.24. The molecule has 1 aliphatic rings. The van der Waals surface area contributed by atoms with Crippen molar-refractivity contribution in [3.63, 3.8) is 0 Å². The number of nitrogens with zero attached hydrogens (tertiary/aromatic N) is 1.